The molecule has 13 nitrogen and oxygen atoms in total. The molecule has 0 atom stereocenters. The van der Waals surface area contributed by atoms with Gasteiger partial charge < -0.3 is 51.1 Å². The van der Waals surface area contributed by atoms with Crippen LogP contribution in [0.3, 0.4) is 0 Å². The van der Waals surface area contributed by atoms with E-state index in [-0.39, 0.29) is 70.1 Å². The quantitative estimate of drug-likeness (QED) is 0.0787. The fraction of sp³-hybridized carbons (Fsp3) is 0.0183. The number of hydrogen-bond donors (Lipinski definition) is 0. The number of aromatic nitrogens is 9. The van der Waals surface area contributed by atoms with Gasteiger partial charge in [0.05, 0.1) is 97.2 Å². The molecule has 15 aromatic carbocycles. The number of pyridine rings is 3. The maximum absolute atomic E-state index is 9.09. The van der Waals surface area contributed by atoms with E-state index >= 15 is 0 Å². The van der Waals surface area contributed by atoms with Gasteiger partial charge in [-0.05, 0) is 119 Å². The molecule has 0 saturated heterocycles. The van der Waals surface area contributed by atoms with E-state index in [4.69, 9.17) is 36.1 Å². The van der Waals surface area contributed by atoms with Gasteiger partial charge in [0.15, 0.2) is 0 Å². The van der Waals surface area contributed by atoms with Crippen molar-refractivity contribution in [2.24, 2.45) is 6.98 Å². The van der Waals surface area contributed by atoms with Gasteiger partial charge >= 0.3 is 0 Å². The Morgan fingerprint density at radius 2 is 0.847 bits per heavy atom. The zero-order valence-corrected chi connectivity index (χ0v) is 69.8. The van der Waals surface area contributed by atoms with Crippen LogP contribution in [-0.2, 0) is 49.1 Å². The molecule has 0 saturated carbocycles. The summed E-state index contributed by atoms with van der Waals surface area (Å²) >= 11 is 0. The fourth-order valence-corrected chi connectivity index (χ4v) is 16.9. The average molecular weight is 1970 g/mol. The summed E-state index contributed by atoms with van der Waals surface area (Å²) in [5.74, 6) is 1.52. The van der Waals surface area contributed by atoms with E-state index < -0.39 is 67.4 Å². The van der Waals surface area contributed by atoms with E-state index in [0.29, 0.717) is 101 Å². The van der Waals surface area contributed by atoms with Gasteiger partial charge in [-0.1, -0.05) is 294 Å². The zero-order valence-electron chi connectivity index (χ0n) is 78.2. The van der Waals surface area contributed by atoms with E-state index in [0.717, 1.165) is 93.4 Å². The molecule has 9 heterocycles. The van der Waals surface area contributed by atoms with Crippen LogP contribution in [0.4, 0.5) is 0 Å². The average Bonchev–Trinajstić information content (AvgIpc) is 1.49. The van der Waals surface area contributed by atoms with E-state index in [2.05, 4.69) is 176 Å². The van der Waals surface area contributed by atoms with Crippen molar-refractivity contribution in [3.05, 3.63) is 413 Å². The molecular formula is C109H67N9O4Pt2-4. The van der Waals surface area contributed by atoms with Crippen molar-refractivity contribution in [1.82, 2.24) is 33.2 Å². The van der Waals surface area contributed by atoms with Gasteiger partial charge in [-0.2, -0.15) is 24.3 Å². The predicted molar refractivity (Wildman–Crippen MR) is 484 cm³/mol. The van der Waals surface area contributed by atoms with Crippen LogP contribution < -0.4 is 18.6 Å². The molecule has 0 unspecified atom stereocenters. The number of furan rings is 2. The molecule has 0 aliphatic heterocycles. The van der Waals surface area contributed by atoms with Crippen molar-refractivity contribution < 1.29 is 87.4 Å². The number of para-hydroxylation sites is 9. The number of benzene rings is 15. The van der Waals surface area contributed by atoms with Crippen molar-refractivity contribution >= 4 is 110 Å². The maximum atomic E-state index is 9.09. The van der Waals surface area contributed by atoms with Crippen LogP contribution in [0.1, 0.15) is 23.5 Å². The number of rotatable bonds is 14. The molecule has 0 fully saturated rings. The molecule has 0 spiro atoms. The van der Waals surface area contributed by atoms with Gasteiger partial charge in [-0.15, -0.1) is 24.3 Å². The summed E-state index contributed by atoms with van der Waals surface area (Å²) in [6, 6.07) is 104. The first-order valence-electron chi connectivity index (χ1n) is 45.9. The fourth-order valence-electron chi connectivity index (χ4n) is 16.9. The molecular weight excluding hydrogens is 1890 g/mol. The van der Waals surface area contributed by atoms with Crippen molar-refractivity contribution in [2.75, 3.05) is 0 Å². The zero-order chi connectivity index (χ0) is 92.1. The summed E-state index contributed by atoms with van der Waals surface area (Å²) in [5.41, 5.74) is 16.6. The SMILES string of the molecule is [2H]C([2H])([2H])[n+]1[c-]n(-c2[c-]c(Oc3[c-]c(-c4ccccn4)c4oc5ccccc5c4c3)ccc2)c2cccc(-c3c(-n4c5ccccc5c5ccccc54)cccc3-n3c4ccccc4c4ccccc43)c21.[2H]c1c([2H])c([2H])c(-c2cccc(-c3c([2H])c([2H])c([2H])c([2H])c3[2H])c2-[n+]2[c-]n(-c3[c-]c(Oc4[c-]c(-c5ccccn5)c5oc6nc(C)ccc6c5c4)ccc3)c3ccccc32)c([2H])c1[2H].[Pt].[Pt]. The summed E-state index contributed by atoms with van der Waals surface area (Å²) in [6.45, 7) is -0.747. The summed E-state index contributed by atoms with van der Waals surface area (Å²) in [5, 5.41) is 7.83. The number of fused-ring (bicyclic) bond motifs is 14. The minimum atomic E-state index is -2.64. The van der Waals surface area contributed by atoms with E-state index in [1.165, 1.54) is 4.57 Å². The van der Waals surface area contributed by atoms with Gasteiger partial charge in [0.1, 0.15) is 5.58 Å². The minimum Gasteiger partial charge on any atom is -0.504 e. The van der Waals surface area contributed by atoms with Crippen molar-refractivity contribution in [3.63, 3.8) is 0 Å². The third-order valence-corrected chi connectivity index (χ3v) is 22.1. The number of ether oxygens (including phenoxy) is 2. The largest absolute Gasteiger partial charge is 0.504 e. The Morgan fingerprint density at radius 1 is 0.387 bits per heavy atom. The molecule has 596 valence electrons. The Balaban J connectivity index is 0.000000162. The van der Waals surface area contributed by atoms with E-state index in [1.54, 1.807) is 74.6 Å². The number of hydrogen-bond acceptors (Lipinski definition) is 7. The molecule has 0 radical (unpaired) electrons. The Bertz CT molecular complexity index is 8690. The molecule has 0 aliphatic rings. The summed E-state index contributed by atoms with van der Waals surface area (Å²) in [7, 11) is 0. The van der Waals surface area contributed by atoms with Crippen LogP contribution in [0.2, 0.25) is 0 Å². The molecule has 0 bridgehead atoms. The van der Waals surface area contributed by atoms with Crippen LogP contribution in [-0.4, -0.2) is 33.2 Å². The smallest absolute Gasteiger partial charge is 0.268 e. The molecule has 0 N–H and O–H groups in total. The summed E-state index contributed by atoms with van der Waals surface area (Å²) < 4.78 is 151. The molecule has 124 heavy (non-hydrogen) atoms. The predicted octanol–water partition coefficient (Wildman–Crippen LogP) is 25.6. The maximum Gasteiger partial charge on any atom is 0.268 e. The van der Waals surface area contributed by atoms with Crippen molar-refractivity contribution in [3.8, 4) is 107 Å². The number of imidazole rings is 2. The van der Waals surface area contributed by atoms with E-state index in [9.17, 15) is 0 Å². The minimum absolute atomic E-state index is 0. The second-order valence-corrected chi connectivity index (χ2v) is 29.3. The molecule has 24 aromatic rings. The standard InChI is InChI=1S/C61H37N5O2.C48H30N4O2.2Pt/c1-63-38-64(39-17-14-18-40(35-39)67-41-36-48-46-23-6-11-33-58(46)68-61(48)49(37-41)50-25-12-13-34-62-50)57-32-15-24-47(60(57)63)59-55(65-51-26-7-2-19-42(51)43-20-3-8-27-52(43)65)30-16-31-56(59)66-53-28-9-4-21-44(53)45-22-5-10-29-54(45)66;1-32-25-26-40-41-29-37(30-42(43-22-10-11-27-49-43)47(41)54-48(40)50-32)53-36-19-12-18-35(28-36)51-31-52(45-24-9-8-23-44(45)51)46-38(33-14-4-2-5-15-33)20-13-21-39(46)34-16-6-3-7-17-34;;/h2-34,36H,1H3;2-27,29H,1H3;;/q2*-2;;/i1D3;2D,3D,4D,5D,6D,7D,14D,15D,16D,17D;;. The second-order valence-electron chi connectivity index (χ2n) is 29.3. The summed E-state index contributed by atoms with van der Waals surface area (Å²) in [6.07, 6.45) is 10.1. The monoisotopic (exact) mass is 1970 g/mol. The topological polar surface area (TPSA) is 111 Å². The van der Waals surface area contributed by atoms with Crippen LogP contribution in [0.25, 0.3) is 194 Å². The van der Waals surface area contributed by atoms with Gasteiger partial charge in [0.2, 0.25) is 12.0 Å². The first kappa shape index (κ1) is 62.9. The molecule has 0 amide bonds. The van der Waals surface area contributed by atoms with Gasteiger partial charge in [0.25, 0.3) is 6.33 Å². The summed E-state index contributed by atoms with van der Waals surface area (Å²) in [4.78, 5) is 13.8. The van der Waals surface area contributed by atoms with Crippen molar-refractivity contribution in [2.45, 2.75) is 6.92 Å². The Kier molecular flexibility index (Phi) is 16.1. The van der Waals surface area contributed by atoms with Crippen LogP contribution in [0, 0.1) is 43.8 Å². The number of aryl methyl sites for hydroxylation is 2. The first-order chi connectivity index (χ1) is 65.7. The van der Waals surface area contributed by atoms with Gasteiger partial charge in [0, 0.05) is 121 Å². The Morgan fingerprint density at radius 3 is 1.40 bits per heavy atom. The van der Waals surface area contributed by atoms with Crippen LogP contribution in [0.15, 0.2) is 379 Å². The third-order valence-electron chi connectivity index (χ3n) is 22.1. The molecule has 0 aliphatic carbocycles. The Labute approximate surface area is 759 Å². The molecule has 9 aromatic heterocycles. The first-order valence-corrected chi connectivity index (χ1v) is 39.4. The number of nitrogens with zero attached hydrogens (tertiary/aromatic N) is 9. The van der Waals surface area contributed by atoms with Crippen molar-refractivity contribution in [1.29, 1.82) is 0 Å². The second kappa shape index (κ2) is 31.8. The molecule has 15 heteroatoms. The van der Waals surface area contributed by atoms with Crippen LogP contribution >= 0.6 is 0 Å². The molecule has 24 rings (SSSR count). The van der Waals surface area contributed by atoms with Gasteiger partial charge in [-0.3, -0.25) is 4.57 Å². The third kappa shape index (κ3) is 13.1. The Hall–Kier alpha value is -15.1. The van der Waals surface area contributed by atoms with E-state index in [1.807, 2.05) is 140 Å². The van der Waals surface area contributed by atoms with Crippen LogP contribution in [0.5, 0.6) is 23.0 Å². The normalized spacial score (nSPS) is 13.1. The van der Waals surface area contributed by atoms with Gasteiger partial charge in [-0.25, -0.2) is 4.98 Å².